The Morgan fingerprint density at radius 2 is 1.48 bits per heavy atom. The molecule has 0 bridgehead atoms. The van der Waals surface area contributed by atoms with E-state index in [0.29, 0.717) is 0 Å². The van der Waals surface area contributed by atoms with E-state index in [1.807, 2.05) is 0 Å². The molecule has 0 aromatic carbocycles. The maximum absolute atomic E-state index is 4.09. The molecule has 1 saturated carbocycles. The summed E-state index contributed by atoms with van der Waals surface area (Å²) in [6.07, 6.45) is 22.8. The number of hydrogen-bond acceptors (Lipinski definition) is 1. The van der Waals surface area contributed by atoms with Crippen molar-refractivity contribution in [2.45, 2.75) is 136 Å². The molecule has 0 spiro atoms. The Bertz CT molecular complexity index is 244. The number of rotatable bonds is 14. The molecule has 0 heterocycles. The zero-order chi connectivity index (χ0) is 16.8. The molecule has 1 N–H and O–H groups in total. The summed E-state index contributed by atoms with van der Waals surface area (Å²) >= 11 is 0. The van der Waals surface area contributed by atoms with E-state index < -0.39 is 0 Å². The third-order valence-corrected chi connectivity index (χ3v) is 5.89. The van der Waals surface area contributed by atoms with E-state index in [1.54, 1.807) is 0 Å². The summed E-state index contributed by atoms with van der Waals surface area (Å²) in [4.78, 5) is 0. The zero-order valence-electron chi connectivity index (χ0n) is 16.5. The summed E-state index contributed by atoms with van der Waals surface area (Å²) in [6.45, 7) is 7.05. The highest BCUT2D eigenvalue weighted by Gasteiger charge is 2.20. The summed E-state index contributed by atoms with van der Waals surface area (Å²) in [7, 11) is 0. The SMILES string of the molecule is CCCCCCCC(CC(CC)CCCC)NC1CCCCC1. The van der Waals surface area contributed by atoms with Gasteiger partial charge in [0.1, 0.15) is 0 Å². The second-order valence-corrected chi connectivity index (χ2v) is 8.05. The van der Waals surface area contributed by atoms with Crippen molar-refractivity contribution in [2.75, 3.05) is 0 Å². The summed E-state index contributed by atoms with van der Waals surface area (Å²) < 4.78 is 0. The Labute approximate surface area is 147 Å². The predicted octanol–water partition coefficient (Wildman–Crippen LogP) is 7.24. The molecule has 1 aliphatic rings. The van der Waals surface area contributed by atoms with E-state index in [-0.39, 0.29) is 0 Å². The molecule has 0 aromatic heterocycles. The number of nitrogens with one attached hydrogen (secondary N) is 1. The van der Waals surface area contributed by atoms with Crippen LogP contribution in [0.15, 0.2) is 0 Å². The van der Waals surface area contributed by atoms with Crippen molar-refractivity contribution in [3.05, 3.63) is 0 Å². The molecule has 0 saturated heterocycles. The molecule has 138 valence electrons. The van der Waals surface area contributed by atoms with Gasteiger partial charge in [-0.25, -0.2) is 0 Å². The summed E-state index contributed by atoms with van der Waals surface area (Å²) in [5, 5.41) is 4.09. The third kappa shape index (κ3) is 10.4. The molecule has 1 aliphatic carbocycles. The van der Waals surface area contributed by atoms with Crippen LogP contribution in [-0.4, -0.2) is 12.1 Å². The lowest BCUT2D eigenvalue weighted by atomic mass is 9.88. The van der Waals surface area contributed by atoms with Crippen LogP contribution in [0.2, 0.25) is 0 Å². The molecule has 2 unspecified atom stereocenters. The van der Waals surface area contributed by atoms with E-state index in [1.165, 1.54) is 103 Å². The highest BCUT2D eigenvalue weighted by molar-refractivity contribution is 4.79. The normalized spacial score (nSPS) is 18.9. The second kappa shape index (κ2) is 14.3. The fourth-order valence-corrected chi connectivity index (χ4v) is 4.25. The largest absolute Gasteiger partial charge is 0.311 e. The highest BCUT2D eigenvalue weighted by atomic mass is 14.9. The molecule has 1 rings (SSSR count). The molecule has 23 heavy (non-hydrogen) atoms. The van der Waals surface area contributed by atoms with Crippen LogP contribution >= 0.6 is 0 Å². The van der Waals surface area contributed by atoms with Gasteiger partial charge in [-0.2, -0.15) is 0 Å². The Balaban J connectivity index is 2.38. The van der Waals surface area contributed by atoms with Crippen LogP contribution in [0.25, 0.3) is 0 Å². The first kappa shape index (κ1) is 21.0. The molecule has 0 radical (unpaired) electrons. The monoisotopic (exact) mass is 323 g/mol. The maximum Gasteiger partial charge on any atom is 0.00722 e. The minimum Gasteiger partial charge on any atom is -0.311 e. The van der Waals surface area contributed by atoms with Crippen LogP contribution in [0.4, 0.5) is 0 Å². The van der Waals surface area contributed by atoms with Crippen LogP contribution in [0, 0.1) is 5.92 Å². The van der Waals surface area contributed by atoms with Crippen LogP contribution < -0.4 is 5.32 Å². The Hall–Kier alpha value is -0.0400. The van der Waals surface area contributed by atoms with E-state index in [9.17, 15) is 0 Å². The van der Waals surface area contributed by atoms with E-state index in [2.05, 4.69) is 26.1 Å². The lowest BCUT2D eigenvalue weighted by Gasteiger charge is -2.31. The second-order valence-electron chi connectivity index (χ2n) is 8.05. The van der Waals surface area contributed by atoms with Gasteiger partial charge >= 0.3 is 0 Å². The predicted molar refractivity (Wildman–Crippen MR) is 105 cm³/mol. The number of hydrogen-bond donors (Lipinski definition) is 1. The van der Waals surface area contributed by atoms with Crippen molar-refractivity contribution in [3.8, 4) is 0 Å². The van der Waals surface area contributed by atoms with E-state index in [0.717, 1.165) is 18.0 Å². The van der Waals surface area contributed by atoms with Gasteiger partial charge in [0.2, 0.25) is 0 Å². The average Bonchev–Trinajstić information content (AvgIpc) is 2.59. The summed E-state index contributed by atoms with van der Waals surface area (Å²) in [5.41, 5.74) is 0. The van der Waals surface area contributed by atoms with Crippen molar-refractivity contribution < 1.29 is 0 Å². The van der Waals surface area contributed by atoms with Gasteiger partial charge in [-0.15, -0.1) is 0 Å². The Morgan fingerprint density at radius 3 is 2.13 bits per heavy atom. The van der Waals surface area contributed by atoms with Gasteiger partial charge in [0.25, 0.3) is 0 Å². The van der Waals surface area contributed by atoms with E-state index in [4.69, 9.17) is 0 Å². The lowest BCUT2D eigenvalue weighted by molar-refractivity contribution is 0.276. The van der Waals surface area contributed by atoms with Gasteiger partial charge in [0.15, 0.2) is 0 Å². The molecule has 0 amide bonds. The van der Waals surface area contributed by atoms with Crippen molar-refractivity contribution in [2.24, 2.45) is 5.92 Å². The molecule has 0 aliphatic heterocycles. The first-order valence-corrected chi connectivity index (χ1v) is 11.1. The first-order valence-electron chi connectivity index (χ1n) is 11.1. The molecule has 1 nitrogen and oxygen atoms in total. The third-order valence-electron chi connectivity index (χ3n) is 5.89. The lowest BCUT2D eigenvalue weighted by Crippen LogP contribution is -2.40. The van der Waals surface area contributed by atoms with Gasteiger partial charge in [-0.05, 0) is 31.6 Å². The fraction of sp³-hybridized carbons (Fsp3) is 1.00. The first-order chi connectivity index (χ1) is 11.3. The maximum atomic E-state index is 4.09. The molecular weight excluding hydrogens is 278 g/mol. The van der Waals surface area contributed by atoms with Gasteiger partial charge in [-0.1, -0.05) is 97.8 Å². The smallest absolute Gasteiger partial charge is 0.00722 e. The van der Waals surface area contributed by atoms with Crippen molar-refractivity contribution in [1.29, 1.82) is 0 Å². The minimum atomic E-state index is 0.793. The molecule has 2 atom stereocenters. The van der Waals surface area contributed by atoms with E-state index >= 15 is 0 Å². The van der Waals surface area contributed by atoms with Crippen molar-refractivity contribution in [3.63, 3.8) is 0 Å². The van der Waals surface area contributed by atoms with Crippen LogP contribution in [-0.2, 0) is 0 Å². The molecular formula is C22H45N. The standard InChI is InChI=1S/C22H45N/c1-4-7-9-10-12-18-22(19-20(6-3)15-8-5-2)23-21-16-13-11-14-17-21/h20-23H,4-19H2,1-3H3. The van der Waals surface area contributed by atoms with Gasteiger partial charge in [-0.3, -0.25) is 0 Å². The van der Waals surface area contributed by atoms with Crippen LogP contribution in [0.1, 0.15) is 124 Å². The summed E-state index contributed by atoms with van der Waals surface area (Å²) in [6, 6.07) is 1.62. The molecule has 1 fully saturated rings. The molecule has 0 aromatic rings. The minimum absolute atomic E-state index is 0.793. The van der Waals surface area contributed by atoms with Gasteiger partial charge in [0.05, 0.1) is 0 Å². The Kier molecular flexibility index (Phi) is 13.1. The fourth-order valence-electron chi connectivity index (χ4n) is 4.25. The van der Waals surface area contributed by atoms with Crippen LogP contribution in [0.3, 0.4) is 0 Å². The van der Waals surface area contributed by atoms with Gasteiger partial charge < -0.3 is 5.32 Å². The average molecular weight is 324 g/mol. The van der Waals surface area contributed by atoms with Crippen molar-refractivity contribution in [1.82, 2.24) is 5.32 Å². The summed E-state index contributed by atoms with van der Waals surface area (Å²) in [5.74, 6) is 0.951. The Morgan fingerprint density at radius 1 is 0.783 bits per heavy atom. The van der Waals surface area contributed by atoms with Crippen molar-refractivity contribution >= 4 is 0 Å². The zero-order valence-corrected chi connectivity index (χ0v) is 16.5. The number of unbranched alkanes of at least 4 members (excludes halogenated alkanes) is 5. The van der Waals surface area contributed by atoms with Gasteiger partial charge in [0, 0.05) is 12.1 Å². The quantitative estimate of drug-likeness (QED) is 0.332. The van der Waals surface area contributed by atoms with Crippen LogP contribution in [0.5, 0.6) is 0 Å². The molecule has 1 heteroatoms. The highest BCUT2D eigenvalue weighted by Crippen LogP contribution is 2.24. The topological polar surface area (TPSA) is 12.0 Å².